The van der Waals surface area contributed by atoms with Gasteiger partial charge in [0.1, 0.15) is 5.82 Å². The summed E-state index contributed by atoms with van der Waals surface area (Å²) in [5.74, 6) is -0.859. The molecule has 0 aliphatic rings. The number of halogens is 2. The number of carbonyl (C=O) groups is 1. The Morgan fingerprint density at radius 2 is 2.16 bits per heavy atom. The van der Waals surface area contributed by atoms with Crippen molar-refractivity contribution in [2.75, 3.05) is 13.6 Å². The number of aromatic nitrogens is 2. The van der Waals surface area contributed by atoms with Crippen molar-refractivity contribution < 1.29 is 18.7 Å². The number of likely N-dealkylation sites (N-methyl/N-ethyl adjacent to an activating group) is 1. The molecule has 0 atom stereocenters. The minimum Gasteiger partial charge on any atom is -0.480 e. The molecule has 0 saturated carbocycles. The number of para-hydroxylation sites is 2. The highest BCUT2D eigenvalue weighted by Gasteiger charge is 2.18. The molecule has 0 spiro atoms. The molecule has 5 nitrogen and oxygen atoms in total. The van der Waals surface area contributed by atoms with E-state index in [1.165, 1.54) is 4.90 Å². The summed E-state index contributed by atoms with van der Waals surface area (Å²) < 4.78 is 27.0. The summed E-state index contributed by atoms with van der Waals surface area (Å²) in [6, 6.07) is 6.59. The average Bonchev–Trinajstić information content (AvgIpc) is 2.64. The third-order valence-electron chi connectivity index (χ3n) is 2.68. The lowest BCUT2D eigenvalue weighted by molar-refractivity contribution is -0.138. The molecule has 0 fully saturated rings. The Bertz CT molecular complexity index is 598. The van der Waals surface area contributed by atoms with Crippen LogP contribution in [0.1, 0.15) is 12.4 Å². The quantitative estimate of drug-likeness (QED) is 0.901. The second-order valence-electron chi connectivity index (χ2n) is 4.23. The molecule has 2 rings (SSSR count). The summed E-state index contributed by atoms with van der Waals surface area (Å²) in [7, 11) is 1.54. The van der Waals surface area contributed by atoms with E-state index in [-0.39, 0.29) is 18.9 Å². The van der Waals surface area contributed by atoms with Crippen molar-refractivity contribution >= 4 is 17.0 Å². The first kappa shape index (κ1) is 13.4. The Kier molecular flexibility index (Phi) is 3.75. The molecule has 1 N–H and O–H groups in total. The van der Waals surface area contributed by atoms with Crippen molar-refractivity contribution in [3.05, 3.63) is 30.1 Å². The molecule has 1 heterocycles. The predicted molar refractivity (Wildman–Crippen MR) is 65.0 cm³/mol. The minimum atomic E-state index is -2.71. The lowest BCUT2D eigenvalue weighted by Crippen LogP contribution is -2.26. The van der Waals surface area contributed by atoms with Crippen LogP contribution in [0.5, 0.6) is 0 Å². The van der Waals surface area contributed by atoms with Gasteiger partial charge in [-0.3, -0.25) is 14.3 Å². The second-order valence-corrected chi connectivity index (χ2v) is 4.23. The minimum absolute atomic E-state index is 0.0469. The molecule has 0 aliphatic carbocycles. The summed E-state index contributed by atoms with van der Waals surface area (Å²) in [4.78, 5) is 16.1. The fourth-order valence-electron chi connectivity index (χ4n) is 1.95. The molecule has 7 heteroatoms. The molecule has 19 heavy (non-hydrogen) atoms. The van der Waals surface area contributed by atoms with E-state index in [0.29, 0.717) is 11.0 Å². The fourth-order valence-corrected chi connectivity index (χ4v) is 1.95. The Morgan fingerprint density at radius 3 is 2.79 bits per heavy atom. The fraction of sp³-hybridized carbons (Fsp3) is 0.333. The van der Waals surface area contributed by atoms with Crippen molar-refractivity contribution in [1.82, 2.24) is 14.5 Å². The topological polar surface area (TPSA) is 58.4 Å². The van der Waals surface area contributed by atoms with Gasteiger partial charge in [0, 0.05) is 0 Å². The standard InChI is InChI=1S/C12H13F2N3O2/c1-16(7-11(18)19)6-10-15-8-4-2-3-5-9(8)17(10)12(13)14/h2-5,12H,6-7H2,1H3,(H,18,19). The van der Waals surface area contributed by atoms with Gasteiger partial charge in [0.05, 0.1) is 24.1 Å². The number of alkyl halides is 2. The number of carboxylic acid groups (broad SMARTS) is 1. The van der Waals surface area contributed by atoms with Gasteiger partial charge >= 0.3 is 12.5 Å². The largest absolute Gasteiger partial charge is 0.480 e. The highest BCUT2D eigenvalue weighted by molar-refractivity contribution is 5.76. The number of aliphatic carboxylic acids is 1. The molecule has 0 bridgehead atoms. The normalized spacial score (nSPS) is 11.6. The van der Waals surface area contributed by atoms with E-state index < -0.39 is 12.5 Å². The van der Waals surface area contributed by atoms with E-state index in [1.807, 2.05) is 0 Å². The summed E-state index contributed by atoms with van der Waals surface area (Å²) >= 11 is 0. The van der Waals surface area contributed by atoms with Crippen molar-refractivity contribution in [2.45, 2.75) is 13.1 Å². The van der Waals surface area contributed by atoms with E-state index in [1.54, 1.807) is 31.3 Å². The first-order chi connectivity index (χ1) is 8.99. The smallest absolute Gasteiger partial charge is 0.320 e. The lowest BCUT2D eigenvalue weighted by atomic mass is 10.3. The summed E-state index contributed by atoms with van der Waals surface area (Å²) in [5, 5.41) is 8.66. The van der Waals surface area contributed by atoms with E-state index >= 15 is 0 Å². The second kappa shape index (κ2) is 5.31. The van der Waals surface area contributed by atoms with Crippen LogP contribution in [-0.4, -0.2) is 39.1 Å². The molecule has 0 aliphatic heterocycles. The van der Waals surface area contributed by atoms with Crippen LogP contribution < -0.4 is 0 Å². The first-order valence-corrected chi connectivity index (χ1v) is 5.63. The van der Waals surface area contributed by atoms with Gasteiger partial charge in [-0.2, -0.15) is 8.78 Å². The zero-order valence-corrected chi connectivity index (χ0v) is 10.3. The van der Waals surface area contributed by atoms with E-state index in [0.717, 1.165) is 4.57 Å². The average molecular weight is 269 g/mol. The molecule has 102 valence electrons. The monoisotopic (exact) mass is 269 g/mol. The lowest BCUT2D eigenvalue weighted by Gasteiger charge is -2.14. The van der Waals surface area contributed by atoms with Gasteiger partial charge in [0.25, 0.3) is 0 Å². The van der Waals surface area contributed by atoms with Crippen LogP contribution in [0.15, 0.2) is 24.3 Å². The maximum Gasteiger partial charge on any atom is 0.320 e. The number of carboxylic acids is 1. The van der Waals surface area contributed by atoms with Crippen LogP contribution in [-0.2, 0) is 11.3 Å². The SMILES string of the molecule is CN(CC(=O)O)Cc1nc2ccccc2n1C(F)F. The molecule has 2 aromatic rings. The van der Waals surface area contributed by atoms with Gasteiger partial charge in [-0.05, 0) is 19.2 Å². The van der Waals surface area contributed by atoms with Gasteiger partial charge in [-0.25, -0.2) is 4.98 Å². The van der Waals surface area contributed by atoms with Crippen LogP contribution in [0.4, 0.5) is 8.78 Å². The number of hydrogen-bond donors (Lipinski definition) is 1. The summed E-state index contributed by atoms with van der Waals surface area (Å²) in [6.45, 7) is -2.89. The maximum atomic E-state index is 13.1. The van der Waals surface area contributed by atoms with Gasteiger partial charge < -0.3 is 5.11 Å². The molecule has 1 aromatic carbocycles. The van der Waals surface area contributed by atoms with Gasteiger partial charge in [-0.15, -0.1) is 0 Å². The van der Waals surface area contributed by atoms with Crippen LogP contribution in [0.3, 0.4) is 0 Å². The number of nitrogens with zero attached hydrogens (tertiary/aromatic N) is 3. The Morgan fingerprint density at radius 1 is 1.47 bits per heavy atom. The molecular formula is C12H13F2N3O2. The number of rotatable bonds is 5. The van der Waals surface area contributed by atoms with Crippen LogP contribution in [0.25, 0.3) is 11.0 Å². The van der Waals surface area contributed by atoms with Gasteiger partial charge in [0.2, 0.25) is 0 Å². The third kappa shape index (κ3) is 2.87. The van der Waals surface area contributed by atoms with Crippen LogP contribution in [0, 0.1) is 0 Å². The Balaban J connectivity index is 2.36. The third-order valence-corrected chi connectivity index (χ3v) is 2.68. The maximum absolute atomic E-state index is 13.1. The Hall–Kier alpha value is -2.02. The summed E-state index contributed by atoms with van der Waals surface area (Å²) in [6.07, 6.45) is 0. The molecule has 0 amide bonds. The van der Waals surface area contributed by atoms with Crippen molar-refractivity contribution in [3.8, 4) is 0 Å². The van der Waals surface area contributed by atoms with Crippen molar-refractivity contribution in [1.29, 1.82) is 0 Å². The number of imidazole rings is 1. The first-order valence-electron chi connectivity index (χ1n) is 5.63. The van der Waals surface area contributed by atoms with Crippen LogP contribution >= 0.6 is 0 Å². The highest BCUT2D eigenvalue weighted by Crippen LogP contribution is 2.23. The van der Waals surface area contributed by atoms with Gasteiger partial charge in [-0.1, -0.05) is 12.1 Å². The van der Waals surface area contributed by atoms with Gasteiger partial charge in [0.15, 0.2) is 0 Å². The molecule has 0 saturated heterocycles. The van der Waals surface area contributed by atoms with Crippen molar-refractivity contribution in [3.63, 3.8) is 0 Å². The number of benzene rings is 1. The zero-order chi connectivity index (χ0) is 14.0. The highest BCUT2D eigenvalue weighted by atomic mass is 19.3. The van der Waals surface area contributed by atoms with Crippen LogP contribution in [0.2, 0.25) is 0 Å². The van der Waals surface area contributed by atoms with E-state index in [4.69, 9.17) is 5.11 Å². The molecule has 1 aromatic heterocycles. The predicted octanol–water partition coefficient (Wildman–Crippen LogP) is 1.95. The molecular weight excluding hydrogens is 256 g/mol. The molecule has 0 radical (unpaired) electrons. The summed E-state index contributed by atoms with van der Waals surface area (Å²) in [5.41, 5.74) is 0.817. The zero-order valence-electron chi connectivity index (χ0n) is 10.3. The number of hydrogen-bond acceptors (Lipinski definition) is 3. The Labute approximate surface area is 108 Å². The van der Waals surface area contributed by atoms with E-state index in [2.05, 4.69) is 4.98 Å². The molecule has 0 unspecified atom stereocenters. The number of fused-ring (bicyclic) bond motifs is 1. The van der Waals surface area contributed by atoms with Crippen molar-refractivity contribution in [2.24, 2.45) is 0 Å². The van der Waals surface area contributed by atoms with E-state index in [9.17, 15) is 13.6 Å².